The number of aromatic nitrogens is 1. The van der Waals surface area contributed by atoms with Gasteiger partial charge in [-0.25, -0.2) is 0 Å². The maximum absolute atomic E-state index is 12.5. The molecule has 2 fully saturated rings. The lowest BCUT2D eigenvalue weighted by molar-refractivity contribution is -0.145. The number of carbonyl (C=O) groups is 3. The van der Waals surface area contributed by atoms with Crippen molar-refractivity contribution in [3.63, 3.8) is 0 Å². The smallest absolute Gasteiger partial charge is 0.313 e. The van der Waals surface area contributed by atoms with E-state index in [1.807, 2.05) is 0 Å². The van der Waals surface area contributed by atoms with Gasteiger partial charge in [0.05, 0.1) is 17.4 Å². The Labute approximate surface area is 147 Å². The number of hydrogen-bond acceptors (Lipinski definition) is 4. The summed E-state index contributed by atoms with van der Waals surface area (Å²) in [4.78, 5) is 41.4. The van der Waals surface area contributed by atoms with E-state index < -0.39 is 17.7 Å². The lowest BCUT2D eigenvalue weighted by Gasteiger charge is -2.44. The first kappa shape index (κ1) is 17.4. The van der Waals surface area contributed by atoms with Crippen LogP contribution in [0.2, 0.25) is 0 Å². The fraction of sp³-hybridized carbons (Fsp3) is 0.556. The molecule has 134 valence electrons. The fourth-order valence-corrected chi connectivity index (χ4v) is 4.18. The molecule has 1 aromatic rings. The van der Waals surface area contributed by atoms with Crippen LogP contribution in [-0.4, -0.2) is 40.7 Å². The lowest BCUT2D eigenvalue weighted by atomic mass is 9.69. The summed E-state index contributed by atoms with van der Waals surface area (Å²) < 4.78 is 0. The molecule has 3 N–H and O–H groups in total. The largest absolute Gasteiger partial charge is 0.366 e. The third kappa shape index (κ3) is 3.81. The highest BCUT2D eigenvalue weighted by Gasteiger charge is 2.37. The number of nitrogens with zero attached hydrogens (tertiary/aromatic N) is 2. The van der Waals surface area contributed by atoms with Crippen LogP contribution in [0.15, 0.2) is 18.5 Å². The van der Waals surface area contributed by atoms with Crippen LogP contribution in [0.5, 0.6) is 0 Å². The SMILES string of the molecule is CC1CCCC2CN(C(=O)C(=O)Nc3cncc(C(N)=O)c3)CCC12. The van der Waals surface area contributed by atoms with E-state index in [1.54, 1.807) is 4.90 Å². The number of piperidine rings is 1. The molecule has 3 amide bonds. The summed E-state index contributed by atoms with van der Waals surface area (Å²) in [6, 6.07) is 1.41. The second kappa shape index (κ2) is 7.21. The van der Waals surface area contributed by atoms with Gasteiger partial charge >= 0.3 is 11.8 Å². The second-order valence-corrected chi connectivity index (χ2v) is 7.15. The summed E-state index contributed by atoms with van der Waals surface area (Å²) >= 11 is 0. The molecule has 3 rings (SSSR count). The number of anilines is 1. The molecule has 1 aliphatic heterocycles. The van der Waals surface area contributed by atoms with Crippen LogP contribution in [0.1, 0.15) is 43.0 Å². The first-order valence-corrected chi connectivity index (χ1v) is 8.81. The Hall–Kier alpha value is -2.44. The number of carbonyl (C=O) groups excluding carboxylic acids is 3. The van der Waals surface area contributed by atoms with E-state index in [0.717, 1.165) is 12.8 Å². The standard InChI is InChI=1S/C18H24N4O3/c1-11-3-2-4-12-10-22(6-5-15(11)12)18(25)17(24)21-14-7-13(16(19)23)8-20-9-14/h7-9,11-12,15H,2-6,10H2,1H3,(H2,19,23)(H,21,24). The molecule has 0 aromatic carbocycles. The van der Waals surface area contributed by atoms with Crippen LogP contribution >= 0.6 is 0 Å². The predicted molar refractivity (Wildman–Crippen MR) is 92.6 cm³/mol. The van der Waals surface area contributed by atoms with Gasteiger partial charge in [0.25, 0.3) is 0 Å². The number of primary amides is 1. The van der Waals surface area contributed by atoms with Gasteiger partial charge in [0.15, 0.2) is 0 Å². The zero-order valence-electron chi connectivity index (χ0n) is 14.4. The van der Waals surface area contributed by atoms with Crippen molar-refractivity contribution in [2.45, 2.75) is 32.6 Å². The van der Waals surface area contributed by atoms with Crippen molar-refractivity contribution in [3.05, 3.63) is 24.0 Å². The summed E-state index contributed by atoms with van der Waals surface area (Å²) in [5.41, 5.74) is 5.67. The highest BCUT2D eigenvalue weighted by atomic mass is 16.2. The van der Waals surface area contributed by atoms with Gasteiger partial charge in [0.1, 0.15) is 0 Å². The fourth-order valence-electron chi connectivity index (χ4n) is 4.18. The molecule has 0 radical (unpaired) electrons. The van der Waals surface area contributed by atoms with Gasteiger partial charge in [0, 0.05) is 19.3 Å². The zero-order chi connectivity index (χ0) is 18.0. The van der Waals surface area contributed by atoms with Crippen LogP contribution in [0, 0.1) is 17.8 Å². The Kier molecular flexibility index (Phi) is 5.01. The van der Waals surface area contributed by atoms with Crippen LogP contribution in [0.25, 0.3) is 0 Å². The summed E-state index contributed by atoms with van der Waals surface area (Å²) in [5, 5.41) is 2.51. The van der Waals surface area contributed by atoms with Crippen molar-refractivity contribution in [1.29, 1.82) is 0 Å². The van der Waals surface area contributed by atoms with Gasteiger partial charge in [-0.1, -0.05) is 19.8 Å². The van der Waals surface area contributed by atoms with Crippen molar-refractivity contribution < 1.29 is 14.4 Å². The van der Waals surface area contributed by atoms with E-state index in [2.05, 4.69) is 17.2 Å². The molecular formula is C18H24N4O3. The summed E-state index contributed by atoms with van der Waals surface area (Å²) in [6.45, 7) is 3.57. The molecule has 7 nitrogen and oxygen atoms in total. The Bertz CT molecular complexity index is 691. The van der Waals surface area contributed by atoms with E-state index >= 15 is 0 Å². The van der Waals surface area contributed by atoms with E-state index in [4.69, 9.17) is 5.73 Å². The topological polar surface area (TPSA) is 105 Å². The number of nitrogens with two attached hydrogens (primary N) is 1. The molecule has 3 unspecified atom stereocenters. The first-order valence-electron chi connectivity index (χ1n) is 8.81. The molecule has 7 heteroatoms. The van der Waals surface area contributed by atoms with Crippen LogP contribution in [0.3, 0.4) is 0 Å². The molecule has 0 bridgehead atoms. The molecule has 25 heavy (non-hydrogen) atoms. The van der Waals surface area contributed by atoms with Crippen LogP contribution < -0.4 is 11.1 Å². The van der Waals surface area contributed by atoms with Crippen molar-refractivity contribution in [1.82, 2.24) is 9.88 Å². The maximum atomic E-state index is 12.5. The number of hydrogen-bond donors (Lipinski definition) is 2. The quantitative estimate of drug-likeness (QED) is 0.791. The van der Waals surface area contributed by atoms with Crippen LogP contribution in [-0.2, 0) is 9.59 Å². The minimum absolute atomic E-state index is 0.183. The van der Waals surface area contributed by atoms with E-state index in [9.17, 15) is 14.4 Å². The molecule has 1 saturated carbocycles. The van der Waals surface area contributed by atoms with Gasteiger partial charge < -0.3 is 16.0 Å². The number of fused-ring (bicyclic) bond motifs is 1. The summed E-state index contributed by atoms with van der Waals surface area (Å²) in [6.07, 6.45) is 7.25. The normalized spacial score (nSPS) is 25.8. The van der Waals surface area contributed by atoms with Crippen molar-refractivity contribution in [2.24, 2.45) is 23.5 Å². The number of rotatable bonds is 2. The first-order chi connectivity index (χ1) is 12.0. The van der Waals surface area contributed by atoms with Crippen LogP contribution in [0.4, 0.5) is 5.69 Å². The average Bonchev–Trinajstić information content (AvgIpc) is 2.61. The van der Waals surface area contributed by atoms with Crippen molar-refractivity contribution in [2.75, 3.05) is 18.4 Å². The van der Waals surface area contributed by atoms with E-state index in [1.165, 1.54) is 31.3 Å². The molecule has 0 spiro atoms. The van der Waals surface area contributed by atoms with E-state index in [0.29, 0.717) is 30.8 Å². The minimum Gasteiger partial charge on any atom is -0.366 e. The Morgan fingerprint density at radius 3 is 2.80 bits per heavy atom. The van der Waals surface area contributed by atoms with Crippen molar-refractivity contribution in [3.8, 4) is 0 Å². The molecule has 1 saturated heterocycles. The monoisotopic (exact) mass is 344 g/mol. The average molecular weight is 344 g/mol. The Morgan fingerprint density at radius 2 is 2.04 bits per heavy atom. The third-order valence-electron chi connectivity index (χ3n) is 5.52. The van der Waals surface area contributed by atoms with Gasteiger partial charge in [0.2, 0.25) is 5.91 Å². The summed E-state index contributed by atoms with van der Waals surface area (Å²) in [5.74, 6) is -0.00541. The molecule has 1 aliphatic carbocycles. The van der Waals surface area contributed by atoms with E-state index in [-0.39, 0.29) is 11.3 Å². The summed E-state index contributed by atoms with van der Waals surface area (Å²) in [7, 11) is 0. The van der Waals surface area contributed by atoms with Gasteiger partial charge in [-0.2, -0.15) is 0 Å². The number of likely N-dealkylation sites (tertiary alicyclic amines) is 1. The Balaban J connectivity index is 1.62. The minimum atomic E-state index is -0.703. The van der Waals surface area contributed by atoms with Gasteiger partial charge in [-0.3, -0.25) is 19.4 Å². The highest BCUT2D eigenvalue weighted by Crippen LogP contribution is 2.39. The van der Waals surface area contributed by atoms with Crippen molar-refractivity contribution >= 4 is 23.4 Å². The zero-order valence-corrected chi connectivity index (χ0v) is 14.4. The molecule has 2 aliphatic rings. The molecule has 1 aromatic heterocycles. The lowest BCUT2D eigenvalue weighted by Crippen LogP contribution is -2.49. The molecule has 3 atom stereocenters. The molecular weight excluding hydrogens is 320 g/mol. The predicted octanol–water partition coefficient (Wildman–Crippen LogP) is 1.40. The highest BCUT2D eigenvalue weighted by molar-refractivity contribution is 6.39. The van der Waals surface area contributed by atoms with Gasteiger partial charge in [-0.05, 0) is 36.7 Å². The molecule has 2 heterocycles. The number of amides is 3. The Morgan fingerprint density at radius 1 is 1.24 bits per heavy atom. The third-order valence-corrected chi connectivity index (χ3v) is 5.52. The second-order valence-electron chi connectivity index (χ2n) is 7.15. The number of pyridine rings is 1. The van der Waals surface area contributed by atoms with Gasteiger partial charge in [-0.15, -0.1) is 0 Å². The number of nitrogens with one attached hydrogen (secondary N) is 1. The maximum Gasteiger partial charge on any atom is 0.313 e.